The molecule has 0 spiro atoms. The molecule has 128 valence electrons. The third-order valence-electron chi connectivity index (χ3n) is 3.91. The summed E-state index contributed by atoms with van der Waals surface area (Å²) in [6.45, 7) is 1.77. The van der Waals surface area contributed by atoms with Gasteiger partial charge in [0.25, 0.3) is 5.91 Å². The zero-order valence-electron chi connectivity index (χ0n) is 13.8. The summed E-state index contributed by atoms with van der Waals surface area (Å²) in [7, 11) is 0. The molecule has 0 unspecified atom stereocenters. The molecule has 1 amide bonds. The van der Waals surface area contributed by atoms with Crippen molar-refractivity contribution < 1.29 is 4.79 Å². The number of hydrogen-bond acceptors (Lipinski definition) is 4. The maximum Gasteiger partial charge on any atom is 0.258 e. The molecular weight excluding hydrogens is 394 g/mol. The third kappa shape index (κ3) is 3.21. The fourth-order valence-electron chi connectivity index (χ4n) is 2.71. The van der Waals surface area contributed by atoms with E-state index in [4.69, 9.17) is 4.98 Å². The Bertz CT molecular complexity index is 1110. The number of nitrogens with zero attached hydrogens (tertiary/aromatic N) is 3. The Kier molecular flexibility index (Phi) is 4.22. The lowest BCUT2D eigenvalue weighted by molar-refractivity contribution is 0.102. The molecule has 26 heavy (non-hydrogen) atoms. The Morgan fingerprint density at radius 2 is 1.88 bits per heavy atom. The molecule has 0 saturated carbocycles. The highest BCUT2D eigenvalue weighted by Crippen LogP contribution is 2.27. The number of aryl methyl sites for hydroxylation is 1. The highest BCUT2D eigenvalue weighted by atomic mass is 79.9. The number of pyridine rings is 1. The van der Waals surface area contributed by atoms with Gasteiger partial charge in [-0.3, -0.25) is 15.2 Å². The van der Waals surface area contributed by atoms with Crippen LogP contribution in [-0.4, -0.2) is 26.1 Å². The van der Waals surface area contributed by atoms with E-state index in [1.165, 1.54) is 0 Å². The second-order valence-electron chi connectivity index (χ2n) is 5.78. The van der Waals surface area contributed by atoms with Gasteiger partial charge >= 0.3 is 0 Å². The summed E-state index contributed by atoms with van der Waals surface area (Å²) in [4.78, 5) is 21.7. The summed E-state index contributed by atoms with van der Waals surface area (Å²) < 4.78 is 0.902. The maximum atomic E-state index is 12.9. The number of aromatic amines is 1. The molecule has 0 saturated heterocycles. The first-order valence-corrected chi connectivity index (χ1v) is 8.75. The largest absolute Gasteiger partial charge is 0.289 e. The van der Waals surface area contributed by atoms with Gasteiger partial charge in [-0.15, -0.1) is 5.10 Å². The third-order valence-corrected chi connectivity index (χ3v) is 4.40. The molecule has 2 aromatic heterocycles. The average Bonchev–Trinajstić information content (AvgIpc) is 3.06. The van der Waals surface area contributed by atoms with Gasteiger partial charge in [0, 0.05) is 15.4 Å². The van der Waals surface area contributed by atoms with Crippen molar-refractivity contribution in [1.29, 1.82) is 0 Å². The van der Waals surface area contributed by atoms with Crippen molar-refractivity contribution in [2.75, 3.05) is 5.32 Å². The van der Waals surface area contributed by atoms with E-state index in [1.54, 1.807) is 13.0 Å². The van der Waals surface area contributed by atoms with Crippen molar-refractivity contribution in [2.45, 2.75) is 6.92 Å². The van der Waals surface area contributed by atoms with Gasteiger partial charge in [-0.1, -0.05) is 52.3 Å². The van der Waals surface area contributed by atoms with Crippen LogP contribution in [0.2, 0.25) is 0 Å². The first kappa shape index (κ1) is 16.4. The van der Waals surface area contributed by atoms with Crippen LogP contribution in [0, 0.1) is 6.92 Å². The number of aromatic nitrogens is 4. The van der Waals surface area contributed by atoms with E-state index in [2.05, 4.69) is 36.4 Å². The minimum atomic E-state index is -0.282. The monoisotopic (exact) mass is 407 g/mol. The Balaban J connectivity index is 1.85. The number of amides is 1. The number of carbonyl (C=O) groups excluding carboxylic acids is 1. The van der Waals surface area contributed by atoms with Gasteiger partial charge in [0.1, 0.15) is 5.82 Å². The Labute approximate surface area is 157 Å². The van der Waals surface area contributed by atoms with Crippen molar-refractivity contribution in [3.8, 4) is 11.3 Å². The van der Waals surface area contributed by atoms with E-state index in [9.17, 15) is 4.79 Å². The Morgan fingerprint density at radius 1 is 1.08 bits per heavy atom. The second kappa shape index (κ2) is 6.68. The highest BCUT2D eigenvalue weighted by Gasteiger charge is 2.16. The van der Waals surface area contributed by atoms with Gasteiger partial charge in [0.15, 0.2) is 0 Å². The van der Waals surface area contributed by atoms with Gasteiger partial charge in [-0.25, -0.2) is 4.98 Å². The summed E-state index contributed by atoms with van der Waals surface area (Å²) in [6.07, 6.45) is 0. The second-order valence-corrected chi connectivity index (χ2v) is 6.70. The summed E-state index contributed by atoms with van der Waals surface area (Å²) in [5.41, 5.74) is 2.92. The normalized spacial score (nSPS) is 10.8. The van der Waals surface area contributed by atoms with Crippen LogP contribution in [0.4, 0.5) is 5.95 Å². The minimum absolute atomic E-state index is 0.246. The van der Waals surface area contributed by atoms with Gasteiger partial charge in [0.05, 0.1) is 16.8 Å². The minimum Gasteiger partial charge on any atom is -0.289 e. The van der Waals surface area contributed by atoms with Crippen LogP contribution >= 0.6 is 15.9 Å². The number of halogens is 1. The van der Waals surface area contributed by atoms with Gasteiger partial charge in [-0.05, 0) is 25.1 Å². The fraction of sp³-hybridized carbons (Fsp3) is 0.0526. The number of nitrogens with one attached hydrogen (secondary N) is 2. The lowest BCUT2D eigenvalue weighted by Gasteiger charge is -2.10. The van der Waals surface area contributed by atoms with E-state index in [-0.39, 0.29) is 11.9 Å². The number of fused-ring (bicyclic) bond motifs is 1. The predicted molar refractivity (Wildman–Crippen MR) is 104 cm³/mol. The van der Waals surface area contributed by atoms with Crippen molar-refractivity contribution >= 4 is 38.7 Å². The summed E-state index contributed by atoms with van der Waals surface area (Å²) in [6, 6.07) is 17.2. The van der Waals surface area contributed by atoms with Crippen LogP contribution in [0.3, 0.4) is 0 Å². The van der Waals surface area contributed by atoms with Gasteiger partial charge in [-0.2, -0.15) is 4.98 Å². The van der Waals surface area contributed by atoms with Crippen LogP contribution < -0.4 is 5.32 Å². The molecule has 7 heteroatoms. The zero-order valence-corrected chi connectivity index (χ0v) is 15.4. The Morgan fingerprint density at radius 3 is 2.62 bits per heavy atom. The molecule has 2 N–H and O–H groups in total. The quantitative estimate of drug-likeness (QED) is 0.528. The molecule has 2 heterocycles. The number of benzene rings is 2. The molecule has 4 aromatic rings. The van der Waals surface area contributed by atoms with E-state index >= 15 is 0 Å². The average molecular weight is 408 g/mol. The lowest BCUT2D eigenvalue weighted by Crippen LogP contribution is -2.14. The van der Waals surface area contributed by atoms with Crippen molar-refractivity contribution in [1.82, 2.24) is 20.2 Å². The number of anilines is 1. The van der Waals surface area contributed by atoms with Crippen LogP contribution in [-0.2, 0) is 0 Å². The fourth-order valence-corrected chi connectivity index (χ4v) is 3.06. The van der Waals surface area contributed by atoms with Gasteiger partial charge in [0.2, 0.25) is 5.95 Å². The SMILES string of the molecule is Cc1nc(NC(=O)c2cc(-c3ccccc3)nc3cc(Br)ccc23)n[nH]1. The molecule has 0 radical (unpaired) electrons. The molecule has 6 nitrogen and oxygen atoms in total. The molecule has 0 bridgehead atoms. The number of carbonyl (C=O) groups is 1. The van der Waals surface area contributed by atoms with Crippen LogP contribution in [0.5, 0.6) is 0 Å². The molecule has 0 fully saturated rings. The number of hydrogen-bond donors (Lipinski definition) is 2. The molecular formula is C19H14BrN5O. The smallest absolute Gasteiger partial charge is 0.258 e. The predicted octanol–water partition coefficient (Wildman–Crippen LogP) is 4.34. The van der Waals surface area contributed by atoms with E-state index in [0.717, 1.165) is 26.6 Å². The molecule has 2 aromatic carbocycles. The molecule has 0 aliphatic rings. The van der Waals surface area contributed by atoms with Crippen molar-refractivity contribution in [2.24, 2.45) is 0 Å². The van der Waals surface area contributed by atoms with Crippen LogP contribution in [0.15, 0.2) is 59.1 Å². The van der Waals surface area contributed by atoms with Gasteiger partial charge < -0.3 is 0 Å². The van der Waals surface area contributed by atoms with E-state index in [1.807, 2.05) is 48.5 Å². The van der Waals surface area contributed by atoms with Crippen molar-refractivity contribution in [3.63, 3.8) is 0 Å². The zero-order chi connectivity index (χ0) is 18.1. The highest BCUT2D eigenvalue weighted by molar-refractivity contribution is 9.10. The summed E-state index contributed by atoms with van der Waals surface area (Å²) >= 11 is 3.47. The summed E-state index contributed by atoms with van der Waals surface area (Å²) in [5, 5.41) is 10.2. The Hall–Kier alpha value is -3.06. The maximum absolute atomic E-state index is 12.9. The molecule has 0 aliphatic heterocycles. The number of H-pyrrole nitrogens is 1. The molecule has 0 atom stereocenters. The van der Waals surface area contributed by atoms with Crippen LogP contribution in [0.25, 0.3) is 22.2 Å². The number of rotatable bonds is 3. The first-order chi connectivity index (χ1) is 12.6. The lowest BCUT2D eigenvalue weighted by atomic mass is 10.0. The molecule has 4 rings (SSSR count). The standard InChI is InChI=1S/C19H14BrN5O/c1-11-21-19(25-24-11)23-18(26)15-10-16(12-5-3-2-4-6-12)22-17-9-13(20)7-8-14(15)17/h2-10H,1H3,(H2,21,23,24,25,26). The van der Waals surface area contributed by atoms with Crippen molar-refractivity contribution in [3.05, 3.63) is 70.5 Å². The van der Waals surface area contributed by atoms with Crippen LogP contribution in [0.1, 0.15) is 16.2 Å². The summed E-state index contributed by atoms with van der Waals surface area (Å²) in [5.74, 6) is 0.598. The first-order valence-electron chi connectivity index (χ1n) is 7.96. The topological polar surface area (TPSA) is 83.6 Å². The van der Waals surface area contributed by atoms with E-state index < -0.39 is 0 Å². The molecule has 0 aliphatic carbocycles. The van der Waals surface area contributed by atoms with E-state index in [0.29, 0.717) is 11.4 Å².